The highest BCUT2D eigenvalue weighted by atomic mass is 79.9. The van der Waals surface area contributed by atoms with Crippen molar-refractivity contribution in [3.05, 3.63) is 46.4 Å². The summed E-state index contributed by atoms with van der Waals surface area (Å²) in [6.07, 6.45) is 0. The number of rotatable bonds is 1. The number of carbonyl (C=O) groups excluding carboxylic acids is 1. The van der Waals surface area contributed by atoms with E-state index < -0.39 is 0 Å². The summed E-state index contributed by atoms with van der Waals surface area (Å²) in [4.78, 5) is 14.6. The van der Waals surface area contributed by atoms with Crippen molar-refractivity contribution >= 4 is 32.6 Å². The Kier molecular flexibility index (Phi) is 3.76. The maximum atomic E-state index is 12.7. The van der Waals surface area contributed by atoms with Crippen LogP contribution in [0.25, 0.3) is 10.8 Å². The van der Waals surface area contributed by atoms with E-state index in [0.29, 0.717) is 0 Å². The van der Waals surface area contributed by atoms with Crippen molar-refractivity contribution in [2.45, 2.75) is 19.4 Å². The van der Waals surface area contributed by atoms with Gasteiger partial charge in [-0.25, -0.2) is 0 Å². The van der Waals surface area contributed by atoms with Crippen LogP contribution in [0.5, 0.6) is 0 Å². The molecule has 0 unspecified atom stereocenters. The van der Waals surface area contributed by atoms with Gasteiger partial charge >= 0.3 is 0 Å². The normalized spacial score (nSPS) is 18.0. The van der Waals surface area contributed by atoms with Crippen LogP contribution in [0.1, 0.15) is 24.2 Å². The lowest BCUT2D eigenvalue weighted by molar-refractivity contribution is 0.0652. The van der Waals surface area contributed by atoms with Gasteiger partial charge in [-0.3, -0.25) is 4.79 Å². The molecule has 1 saturated heterocycles. The Labute approximate surface area is 133 Å². The van der Waals surface area contributed by atoms with Crippen molar-refractivity contribution in [3.8, 4) is 0 Å². The van der Waals surface area contributed by atoms with E-state index in [1.807, 2.05) is 35.2 Å². The van der Waals surface area contributed by atoms with E-state index in [9.17, 15) is 4.79 Å². The molecule has 1 fully saturated rings. The van der Waals surface area contributed by atoms with E-state index >= 15 is 0 Å². The molecule has 0 atom stereocenters. The molecule has 1 heterocycles. The van der Waals surface area contributed by atoms with E-state index in [0.717, 1.165) is 40.4 Å². The van der Waals surface area contributed by atoms with Gasteiger partial charge in [-0.2, -0.15) is 0 Å². The van der Waals surface area contributed by atoms with Gasteiger partial charge in [-0.15, -0.1) is 0 Å². The van der Waals surface area contributed by atoms with Crippen LogP contribution in [-0.4, -0.2) is 36.0 Å². The SMILES string of the molecule is CC1(C)CN(C(=O)c2ccc3cc(Br)ccc3c2)CCN1. The van der Waals surface area contributed by atoms with Crippen LogP contribution in [0.4, 0.5) is 0 Å². The molecule has 2 aromatic rings. The van der Waals surface area contributed by atoms with E-state index in [-0.39, 0.29) is 11.4 Å². The first-order chi connectivity index (χ1) is 9.94. The Hall–Kier alpha value is -1.39. The number of hydrogen-bond donors (Lipinski definition) is 1. The van der Waals surface area contributed by atoms with Crippen LogP contribution < -0.4 is 5.32 Å². The summed E-state index contributed by atoms with van der Waals surface area (Å²) in [6, 6.07) is 12.0. The summed E-state index contributed by atoms with van der Waals surface area (Å²) in [5.41, 5.74) is 0.748. The van der Waals surface area contributed by atoms with Crippen molar-refractivity contribution in [2.24, 2.45) is 0 Å². The smallest absolute Gasteiger partial charge is 0.253 e. The van der Waals surface area contributed by atoms with Gasteiger partial charge in [0.25, 0.3) is 5.91 Å². The van der Waals surface area contributed by atoms with Crippen LogP contribution in [0.2, 0.25) is 0 Å². The molecule has 2 aromatic carbocycles. The third-order valence-corrected chi connectivity index (χ3v) is 4.40. The van der Waals surface area contributed by atoms with Gasteiger partial charge in [0, 0.05) is 35.2 Å². The molecular weight excluding hydrogens is 328 g/mol. The van der Waals surface area contributed by atoms with Gasteiger partial charge in [0.15, 0.2) is 0 Å². The number of nitrogens with one attached hydrogen (secondary N) is 1. The second-order valence-corrected chi connectivity index (χ2v) is 7.16. The second-order valence-electron chi connectivity index (χ2n) is 6.24. The van der Waals surface area contributed by atoms with Crippen LogP contribution >= 0.6 is 15.9 Å². The molecule has 1 amide bonds. The maximum Gasteiger partial charge on any atom is 0.253 e. The van der Waals surface area contributed by atoms with Crippen LogP contribution in [0.3, 0.4) is 0 Å². The average molecular weight is 347 g/mol. The molecule has 0 aliphatic carbocycles. The fourth-order valence-electron chi connectivity index (χ4n) is 2.85. The van der Waals surface area contributed by atoms with Crippen molar-refractivity contribution in [3.63, 3.8) is 0 Å². The first-order valence-electron chi connectivity index (χ1n) is 7.18. The van der Waals surface area contributed by atoms with Crippen molar-refractivity contribution in [1.82, 2.24) is 10.2 Å². The van der Waals surface area contributed by atoms with E-state index in [2.05, 4.69) is 41.2 Å². The predicted molar refractivity (Wildman–Crippen MR) is 89.6 cm³/mol. The highest BCUT2D eigenvalue weighted by Crippen LogP contribution is 2.22. The van der Waals surface area contributed by atoms with Gasteiger partial charge in [0.05, 0.1) is 0 Å². The number of fused-ring (bicyclic) bond motifs is 1. The summed E-state index contributed by atoms with van der Waals surface area (Å²) in [5, 5.41) is 5.67. The molecule has 0 saturated carbocycles. The number of nitrogens with zero attached hydrogens (tertiary/aromatic N) is 1. The molecule has 4 heteroatoms. The van der Waals surface area contributed by atoms with Gasteiger partial charge in [-0.1, -0.05) is 28.1 Å². The Morgan fingerprint density at radius 3 is 2.67 bits per heavy atom. The van der Waals surface area contributed by atoms with Crippen molar-refractivity contribution in [2.75, 3.05) is 19.6 Å². The first kappa shape index (κ1) is 14.5. The summed E-state index contributed by atoms with van der Waals surface area (Å²) < 4.78 is 1.05. The van der Waals surface area contributed by atoms with Crippen molar-refractivity contribution in [1.29, 1.82) is 0 Å². The van der Waals surface area contributed by atoms with Gasteiger partial charge in [-0.05, 0) is 48.9 Å². The second kappa shape index (κ2) is 5.43. The van der Waals surface area contributed by atoms with Gasteiger partial charge < -0.3 is 10.2 Å². The zero-order valence-corrected chi connectivity index (χ0v) is 13.9. The van der Waals surface area contributed by atoms with Crippen molar-refractivity contribution < 1.29 is 4.79 Å². The summed E-state index contributed by atoms with van der Waals surface area (Å²) in [6.45, 7) is 6.61. The largest absolute Gasteiger partial charge is 0.336 e. The first-order valence-corrected chi connectivity index (χ1v) is 7.98. The minimum absolute atomic E-state index is 0.0182. The highest BCUT2D eigenvalue weighted by Gasteiger charge is 2.29. The van der Waals surface area contributed by atoms with Crippen LogP contribution in [0, 0.1) is 0 Å². The Balaban J connectivity index is 1.89. The average Bonchev–Trinajstić information content (AvgIpc) is 2.45. The van der Waals surface area contributed by atoms with E-state index in [4.69, 9.17) is 0 Å². The minimum atomic E-state index is -0.0182. The zero-order valence-electron chi connectivity index (χ0n) is 12.3. The van der Waals surface area contributed by atoms with E-state index in [1.54, 1.807) is 0 Å². The molecule has 110 valence electrons. The molecule has 1 aliphatic heterocycles. The molecule has 1 aliphatic rings. The highest BCUT2D eigenvalue weighted by molar-refractivity contribution is 9.10. The molecule has 0 aromatic heterocycles. The summed E-state index contributed by atoms with van der Waals surface area (Å²) in [7, 11) is 0. The standard InChI is InChI=1S/C17H19BrN2O/c1-17(2)11-20(8-7-19-17)16(21)14-4-3-13-10-15(18)6-5-12(13)9-14/h3-6,9-10,19H,7-8,11H2,1-2H3. The monoisotopic (exact) mass is 346 g/mol. The number of hydrogen-bond acceptors (Lipinski definition) is 2. The lowest BCUT2D eigenvalue weighted by Crippen LogP contribution is -2.58. The number of halogens is 1. The number of benzene rings is 2. The molecule has 0 bridgehead atoms. The molecule has 3 nitrogen and oxygen atoms in total. The molecule has 0 radical (unpaired) electrons. The number of carbonyl (C=O) groups is 1. The fourth-order valence-corrected chi connectivity index (χ4v) is 3.23. The molecule has 0 spiro atoms. The Morgan fingerprint density at radius 2 is 1.90 bits per heavy atom. The quantitative estimate of drug-likeness (QED) is 0.857. The Bertz CT molecular complexity index is 696. The number of amides is 1. The maximum absolute atomic E-state index is 12.7. The molecule has 21 heavy (non-hydrogen) atoms. The van der Waals surface area contributed by atoms with Crippen LogP contribution in [-0.2, 0) is 0 Å². The zero-order chi connectivity index (χ0) is 15.0. The van der Waals surface area contributed by atoms with Gasteiger partial charge in [0.2, 0.25) is 0 Å². The number of piperazine rings is 1. The summed E-state index contributed by atoms with van der Waals surface area (Å²) in [5.74, 6) is 0.120. The third-order valence-electron chi connectivity index (χ3n) is 3.91. The predicted octanol–water partition coefficient (Wildman–Crippen LogP) is 3.43. The van der Waals surface area contributed by atoms with Crippen LogP contribution in [0.15, 0.2) is 40.9 Å². The molecule has 1 N–H and O–H groups in total. The lowest BCUT2D eigenvalue weighted by Gasteiger charge is -2.39. The molecule has 3 rings (SSSR count). The summed E-state index contributed by atoms with van der Waals surface area (Å²) >= 11 is 3.47. The Morgan fingerprint density at radius 1 is 1.19 bits per heavy atom. The fraction of sp³-hybridized carbons (Fsp3) is 0.353. The van der Waals surface area contributed by atoms with E-state index in [1.165, 1.54) is 0 Å². The third kappa shape index (κ3) is 3.11. The topological polar surface area (TPSA) is 32.3 Å². The molecular formula is C17H19BrN2O. The van der Waals surface area contributed by atoms with Gasteiger partial charge in [0.1, 0.15) is 0 Å². The minimum Gasteiger partial charge on any atom is -0.336 e. The lowest BCUT2D eigenvalue weighted by atomic mass is 10.0.